The smallest absolute Gasteiger partial charge is 0.323 e. The third-order valence-corrected chi connectivity index (χ3v) is 4.22. The Bertz CT molecular complexity index is 474. The molecule has 0 radical (unpaired) electrons. The molecule has 7 nitrogen and oxygen atoms in total. The quantitative estimate of drug-likeness (QED) is 0.562. The van der Waals surface area contributed by atoms with Crippen LogP contribution in [0, 0.1) is 0 Å². The van der Waals surface area contributed by atoms with Crippen molar-refractivity contribution in [2.45, 2.75) is 12.6 Å². The highest BCUT2D eigenvalue weighted by Crippen LogP contribution is 2.05. The zero-order valence-corrected chi connectivity index (χ0v) is 14.7. The molecule has 0 spiro atoms. The largest absolute Gasteiger partial charge is 0.480 e. The van der Waals surface area contributed by atoms with Gasteiger partial charge < -0.3 is 25.8 Å². The number of hydrogen-bond acceptors (Lipinski definition) is 6. The molecule has 1 unspecified atom stereocenters. The van der Waals surface area contributed by atoms with Gasteiger partial charge in [0, 0.05) is 52.4 Å². The van der Waals surface area contributed by atoms with E-state index in [9.17, 15) is 9.90 Å². The van der Waals surface area contributed by atoms with Crippen molar-refractivity contribution in [3.63, 3.8) is 0 Å². The Kier molecular flexibility index (Phi) is 9.46. The van der Waals surface area contributed by atoms with Crippen molar-refractivity contribution in [2.24, 2.45) is 0 Å². The van der Waals surface area contributed by atoms with Crippen LogP contribution in [0.3, 0.4) is 0 Å². The van der Waals surface area contributed by atoms with E-state index in [2.05, 4.69) is 16.0 Å². The maximum absolute atomic E-state index is 11.7. The van der Waals surface area contributed by atoms with Gasteiger partial charge in [0.2, 0.25) is 0 Å². The first kappa shape index (κ1) is 19.8. The van der Waals surface area contributed by atoms with E-state index < -0.39 is 12.0 Å². The van der Waals surface area contributed by atoms with Crippen molar-refractivity contribution < 1.29 is 14.6 Å². The number of carboxylic acid groups (broad SMARTS) is 1. The van der Waals surface area contributed by atoms with Crippen LogP contribution in [0.15, 0.2) is 30.3 Å². The van der Waals surface area contributed by atoms with Crippen LogP contribution >= 0.6 is 0 Å². The molecule has 25 heavy (non-hydrogen) atoms. The SMILES string of the molecule is O=C(O)C(COCc1ccccc1)N1CCNCCNCCNCC1. The molecule has 1 aliphatic heterocycles. The number of benzene rings is 1. The van der Waals surface area contributed by atoms with Crippen molar-refractivity contribution in [1.82, 2.24) is 20.9 Å². The summed E-state index contributed by atoms with van der Waals surface area (Å²) in [6, 6.07) is 9.19. The number of ether oxygens (including phenoxy) is 1. The van der Waals surface area contributed by atoms with Gasteiger partial charge in [-0.2, -0.15) is 0 Å². The van der Waals surface area contributed by atoms with E-state index in [4.69, 9.17) is 4.74 Å². The molecule has 0 aromatic heterocycles. The van der Waals surface area contributed by atoms with E-state index in [1.807, 2.05) is 35.2 Å². The summed E-state index contributed by atoms with van der Waals surface area (Å²) in [5.41, 5.74) is 1.05. The molecule has 2 rings (SSSR count). The molecule has 0 bridgehead atoms. The highest BCUT2D eigenvalue weighted by atomic mass is 16.5. The van der Waals surface area contributed by atoms with Crippen LogP contribution in [0.2, 0.25) is 0 Å². The zero-order valence-electron chi connectivity index (χ0n) is 14.7. The predicted octanol–water partition coefficient (Wildman–Crippen LogP) is -0.259. The Morgan fingerprint density at radius 2 is 1.56 bits per heavy atom. The summed E-state index contributed by atoms with van der Waals surface area (Å²) in [6.07, 6.45) is 0. The Morgan fingerprint density at radius 1 is 1.00 bits per heavy atom. The summed E-state index contributed by atoms with van der Waals surface area (Å²) in [5, 5.41) is 19.7. The minimum absolute atomic E-state index is 0.186. The molecule has 0 aliphatic carbocycles. The number of aliphatic carboxylic acids is 1. The molecule has 1 aromatic rings. The van der Waals surface area contributed by atoms with Crippen molar-refractivity contribution in [3.05, 3.63) is 35.9 Å². The summed E-state index contributed by atoms with van der Waals surface area (Å²) < 4.78 is 5.70. The van der Waals surface area contributed by atoms with Crippen LogP contribution in [-0.2, 0) is 16.1 Å². The van der Waals surface area contributed by atoms with Crippen LogP contribution in [-0.4, -0.2) is 81.0 Å². The predicted molar refractivity (Wildman–Crippen MR) is 97.7 cm³/mol. The van der Waals surface area contributed by atoms with Gasteiger partial charge in [-0.15, -0.1) is 0 Å². The van der Waals surface area contributed by atoms with Crippen LogP contribution in [0.4, 0.5) is 0 Å². The van der Waals surface area contributed by atoms with Gasteiger partial charge in [0.05, 0.1) is 13.2 Å². The third kappa shape index (κ3) is 7.94. The fourth-order valence-electron chi connectivity index (χ4n) is 2.79. The van der Waals surface area contributed by atoms with Gasteiger partial charge in [0.1, 0.15) is 6.04 Å². The lowest BCUT2D eigenvalue weighted by molar-refractivity contribution is -0.146. The Balaban J connectivity index is 1.86. The normalized spacial score (nSPS) is 19.5. The molecule has 0 saturated carbocycles. The minimum Gasteiger partial charge on any atom is -0.480 e. The number of carboxylic acids is 1. The number of hydrogen-bond donors (Lipinski definition) is 4. The number of carbonyl (C=O) groups is 1. The molecule has 1 fully saturated rings. The van der Waals surface area contributed by atoms with E-state index in [-0.39, 0.29) is 6.61 Å². The van der Waals surface area contributed by atoms with Crippen molar-refractivity contribution in [3.8, 4) is 0 Å². The summed E-state index contributed by atoms with van der Waals surface area (Å²) in [6.45, 7) is 7.14. The Hall–Kier alpha value is -1.51. The molecule has 7 heteroatoms. The second-order valence-electron chi connectivity index (χ2n) is 6.14. The standard InChI is InChI=1S/C18H30N4O3/c23-18(24)17(15-25-14-16-4-2-1-3-5-16)22-12-10-20-8-6-19-7-9-21-11-13-22/h1-5,17,19-21H,6-15H2,(H,23,24). The van der Waals surface area contributed by atoms with E-state index in [1.54, 1.807) is 0 Å². The van der Waals surface area contributed by atoms with Crippen LogP contribution in [0.25, 0.3) is 0 Å². The lowest BCUT2D eigenvalue weighted by Gasteiger charge is -2.29. The zero-order chi connectivity index (χ0) is 17.7. The average molecular weight is 350 g/mol. The maximum atomic E-state index is 11.7. The average Bonchev–Trinajstić information content (AvgIpc) is 2.60. The molecule has 1 heterocycles. The van der Waals surface area contributed by atoms with Gasteiger partial charge >= 0.3 is 5.97 Å². The summed E-state index contributed by atoms with van der Waals surface area (Å²) in [4.78, 5) is 13.7. The molecule has 1 atom stereocenters. The number of nitrogens with zero attached hydrogens (tertiary/aromatic N) is 1. The van der Waals surface area contributed by atoms with Gasteiger partial charge in [-0.05, 0) is 5.56 Å². The van der Waals surface area contributed by atoms with Gasteiger partial charge in [0.25, 0.3) is 0 Å². The highest BCUT2D eigenvalue weighted by molar-refractivity contribution is 5.73. The molecule has 1 saturated heterocycles. The molecular weight excluding hydrogens is 320 g/mol. The topological polar surface area (TPSA) is 85.9 Å². The minimum atomic E-state index is -0.832. The first-order valence-electron chi connectivity index (χ1n) is 8.98. The first-order valence-corrected chi connectivity index (χ1v) is 8.98. The molecule has 1 aromatic carbocycles. The van der Waals surface area contributed by atoms with Crippen molar-refractivity contribution >= 4 is 5.97 Å². The fraction of sp³-hybridized carbons (Fsp3) is 0.611. The van der Waals surface area contributed by atoms with Gasteiger partial charge in [0.15, 0.2) is 0 Å². The molecule has 1 aliphatic rings. The van der Waals surface area contributed by atoms with Crippen molar-refractivity contribution in [1.29, 1.82) is 0 Å². The monoisotopic (exact) mass is 350 g/mol. The van der Waals surface area contributed by atoms with Crippen LogP contribution < -0.4 is 16.0 Å². The lowest BCUT2D eigenvalue weighted by Crippen LogP contribution is -2.50. The maximum Gasteiger partial charge on any atom is 0.323 e. The van der Waals surface area contributed by atoms with Crippen LogP contribution in [0.5, 0.6) is 0 Å². The summed E-state index contributed by atoms with van der Waals surface area (Å²) in [5.74, 6) is -0.832. The number of rotatable bonds is 6. The summed E-state index contributed by atoms with van der Waals surface area (Å²) >= 11 is 0. The Morgan fingerprint density at radius 3 is 2.12 bits per heavy atom. The second kappa shape index (κ2) is 11.9. The van der Waals surface area contributed by atoms with E-state index >= 15 is 0 Å². The van der Waals surface area contributed by atoms with Crippen LogP contribution in [0.1, 0.15) is 5.56 Å². The van der Waals surface area contributed by atoms with Gasteiger partial charge in [-0.1, -0.05) is 30.3 Å². The highest BCUT2D eigenvalue weighted by Gasteiger charge is 2.25. The van der Waals surface area contributed by atoms with E-state index in [0.29, 0.717) is 19.7 Å². The Labute approximate surface area is 149 Å². The van der Waals surface area contributed by atoms with E-state index in [1.165, 1.54) is 0 Å². The third-order valence-electron chi connectivity index (χ3n) is 4.22. The lowest BCUT2D eigenvalue weighted by atomic mass is 10.2. The number of nitrogens with one attached hydrogen (secondary N) is 3. The first-order chi connectivity index (χ1) is 12.3. The van der Waals surface area contributed by atoms with E-state index in [0.717, 1.165) is 44.8 Å². The molecule has 4 N–H and O–H groups in total. The summed E-state index contributed by atoms with van der Waals surface area (Å²) in [7, 11) is 0. The molecular formula is C18H30N4O3. The molecule has 140 valence electrons. The van der Waals surface area contributed by atoms with Gasteiger partial charge in [-0.25, -0.2) is 0 Å². The fourth-order valence-corrected chi connectivity index (χ4v) is 2.79. The van der Waals surface area contributed by atoms with Gasteiger partial charge in [-0.3, -0.25) is 9.69 Å². The van der Waals surface area contributed by atoms with Crippen molar-refractivity contribution in [2.75, 3.05) is 59.0 Å². The molecule has 0 amide bonds. The second-order valence-corrected chi connectivity index (χ2v) is 6.14.